The summed E-state index contributed by atoms with van der Waals surface area (Å²) in [6.07, 6.45) is 4.66. The van der Waals surface area contributed by atoms with Crippen molar-refractivity contribution >= 4 is 0 Å². The molecule has 96 valence electrons. The molecule has 0 spiro atoms. The quantitative estimate of drug-likeness (QED) is 0.731. The van der Waals surface area contributed by atoms with Crippen LogP contribution in [0.3, 0.4) is 0 Å². The van der Waals surface area contributed by atoms with Gasteiger partial charge in [-0.3, -0.25) is 0 Å². The Morgan fingerprint density at radius 2 is 2.00 bits per heavy atom. The molecule has 0 bridgehead atoms. The van der Waals surface area contributed by atoms with Crippen LogP contribution in [0.4, 0.5) is 0 Å². The minimum absolute atomic E-state index is 0.366. The summed E-state index contributed by atoms with van der Waals surface area (Å²) < 4.78 is 5.18. The molecule has 1 fully saturated rings. The van der Waals surface area contributed by atoms with E-state index in [9.17, 15) is 5.11 Å². The molecule has 1 unspecified atom stereocenters. The summed E-state index contributed by atoms with van der Waals surface area (Å²) in [7, 11) is 0. The number of nitrogens with one attached hydrogen (secondary N) is 1. The lowest BCUT2D eigenvalue weighted by Gasteiger charge is -2.35. The Labute approximate surface area is 99.6 Å². The number of hydrogen-bond donors (Lipinski definition) is 2. The third-order valence-corrected chi connectivity index (χ3v) is 3.50. The summed E-state index contributed by atoms with van der Waals surface area (Å²) in [6, 6.07) is 0.587. The molecule has 1 aliphatic rings. The fourth-order valence-electron chi connectivity index (χ4n) is 2.22. The van der Waals surface area contributed by atoms with E-state index >= 15 is 0 Å². The van der Waals surface area contributed by atoms with E-state index in [4.69, 9.17) is 4.74 Å². The van der Waals surface area contributed by atoms with Crippen LogP contribution in [0.1, 0.15) is 46.5 Å². The van der Waals surface area contributed by atoms with Crippen molar-refractivity contribution < 1.29 is 9.84 Å². The molecular formula is C13H27NO2. The van der Waals surface area contributed by atoms with Gasteiger partial charge in [-0.15, -0.1) is 0 Å². The van der Waals surface area contributed by atoms with Crippen molar-refractivity contribution in [3.05, 3.63) is 0 Å². The van der Waals surface area contributed by atoms with Crippen molar-refractivity contribution in [2.75, 3.05) is 19.8 Å². The van der Waals surface area contributed by atoms with Gasteiger partial charge in [0.05, 0.1) is 12.7 Å². The van der Waals surface area contributed by atoms with E-state index in [0.717, 1.165) is 0 Å². The first-order valence-corrected chi connectivity index (χ1v) is 6.52. The number of aliphatic hydroxyl groups is 1. The normalized spacial score (nSPS) is 23.2. The van der Waals surface area contributed by atoms with Crippen LogP contribution in [0, 0.1) is 5.41 Å². The standard InChI is InChI=1S/C13H27NO2/c1-4-16-10-12(15)9-14-11-5-7-13(2,3)8-6-11/h11-12,14-15H,4-10H2,1-3H3. The smallest absolute Gasteiger partial charge is 0.0897 e. The molecule has 0 heterocycles. The van der Waals surface area contributed by atoms with Gasteiger partial charge in [0.1, 0.15) is 0 Å². The molecule has 3 heteroatoms. The van der Waals surface area contributed by atoms with Crippen molar-refractivity contribution in [2.45, 2.75) is 58.6 Å². The van der Waals surface area contributed by atoms with Crippen LogP contribution >= 0.6 is 0 Å². The van der Waals surface area contributed by atoms with Crippen LogP contribution in [-0.4, -0.2) is 37.0 Å². The highest BCUT2D eigenvalue weighted by molar-refractivity contribution is 4.82. The monoisotopic (exact) mass is 229 g/mol. The van der Waals surface area contributed by atoms with E-state index < -0.39 is 0 Å². The molecule has 0 saturated heterocycles. The van der Waals surface area contributed by atoms with Crippen LogP contribution in [0.15, 0.2) is 0 Å². The van der Waals surface area contributed by atoms with Gasteiger partial charge in [0.25, 0.3) is 0 Å². The third-order valence-electron chi connectivity index (χ3n) is 3.50. The average Bonchev–Trinajstić information content (AvgIpc) is 2.25. The summed E-state index contributed by atoms with van der Waals surface area (Å²) in [6.45, 7) is 8.41. The number of hydrogen-bond acceptors (Lipinski definition) is 3. The van der Waals surface area contributed by atoms with Crippen LogP contribution in [-0.2, 0) is 4.74 Å². The Kier molecular flexibility index (Phi) is 5.73. The molecule has 1 aliphatic carbocycles. The van der Waals surface area contributed by atoms with Crippen molar-refractivity contribution in [2.24, 2.45) is 5.41 Å². The van der Waals surface area contributed by atoms with E-state index in [1.807, 2.05) is 6.92 Å². The largest absolute Gasteiger partial charge is 0.389 e. The maximum atomic E-state index is 9.63. The van der Waals surface area contributed by atoms with Gasteiger partial charge in [-0.1, -0.05) is 13.8 Å². The zero-order valence-electron chi connectivity index (χ0n) is 11.0. The molecule has 0 aromatic heterocycles. The minimum atomic E-state index is -0.366. The zero-order valence-corrected chi connectivity index (χ0v) is 11.0. The maximum Gasteiger partial charge on any atom is 0.0897 e. The topological polar surface area (TPSA) is 41.5 Å². The van der Waals surface area contributed by atoms with Crippen LogP contribution in [0.25, 0.3) is 0 Å². The lowest BCUT2D eigenvalue weighted by molar-refractivity contribution is 0.0397. The SMILES string of the molecule is CCOCC(O)CNC1CCC(C)(C)CC1. The summed E-state index contributed by atoms with van der Waals surface area (Å²) in [4.78, 5) is 0. The highest BCUT2D eigenvalue weighted by atomic mass is 16.5. The van der Waals surface area contributed by atoms with Crippen LogP contribution in [0.5, 0.6) is 0 Å². The Morgan fingerprint density at radius 1 is 1.38 bits per heavy atom. The molecule has 1 saturated carbocycles. The molecule has 3 nitrogen and oxygen atoms in total. The van der Waals surface area contributed by atoms with Gasteiger partial charge in [0.2, 0.25) is 0 Å². The van der Waals surface area contributed by atoms with Gasteiger partial charge in [0, 0.05) is 19.2 Å². The first-order valence-electron chi connectivity index (χ1n) is 6.52. The first kappa shape index (κ1) is 13.9. The van der Waals surface area contributed by atoms with Gasteiger partial charge in [0.15, 0.2) is 0 Å². The molecule has 0 aromatic carbocycles. The summed E-state index contributed by atoms with van der Waals surface area (Å²) in [5.74, 6) is 0. The van der Waals surface area contributed by atoms with Gasteiger partial charge in [-0.2, -0.15) is 0 Å². The van der Waals surface area contributed by atoms with Crippen LogP contribution < -0.4 is 5.32 Å². The predicted octanol–water partition coefficient (Wildman–Crippen LogP) is 1.94. The highest BCUT2D eigenvalue weighted by Crippen LogP contribution is 2.34. The molecule has 16 heavy (non-hydrogen) atoms. The van der Waals surface area contributed by atoms with Gasteiger partial charge < -0.3 is 15.2 Å². The molecule has 0 aliphatic heterocycles. The minimum Gasteiger partial charge on any atom is -0.389 e. The average molecular weight is 229 g/mol. The Hall–Kier alpha value is -0.120. The molecule has 0 aromatic rings. The fourth-order valence-corrected chi connectivity index (χ4v) is 2.22. The predicted molar refractivity (Wildman–Crippen MR) is 66.5 cm³/mol. The van der Waals surface area contributed by atoms with Crippen LogP contribution in [0.2, 0.25) is 0 Å². The zero-order chi connectivity index (χ0) is 12.0. The van der Waals surface area contributed by atoms with Gasteiger partial charge >= 0.3 is 0 Å². The molecule has 2 N–H and O–H groups in total. The molecular weight excluding hydrogens is 202 g/mol. The Balaban J connectivity index is 2.10. The summed E-state index contributed by atoms with van der Waals surface area (Å²) in [5, 5.41) is 13.1. The van der Waals surface area contributed by atoms with E-state index in [2.05, 4.69) is 19.2 Å². The van der Waals surface area contributed by atoms with Gasteiger partial charge in [-0.25, -0.2) is 0 Å². The number of ether oxygens (including phenoxy) is 1. The number of rotatable bonds is 6. The van der Waals surface area contributed by atoms with E-state index in [1.54, 1.807) is 0 Å². The Bertz CT molecular complexity index is 184. The fraction of sp³-hybridized carbons (Fsp3) is 1.00. The maximum absolute atomic E-state index is 9.63. The summed E-state index contributed by atoms with van der Waals surface area (Å²) >= 11 is 0. The number of aliphatic hydroxyl groups excluding tert-OH is 1. The second-order valence-electron chi connectivity index (χ2n) is 5.66. The van der Waals surface area contributed by atoms with Crippen molar-refractivity contribution in [1.82, 2.24) is 5.32 Å². The van der Waals surface area contributed by atoms with Crippen molar-refractivity contribution in [1.29, 1.82) is 0 Å². The molecule has 1 atom stereocenters. The molecule has 0 amide bonds. The highest BCUT2D eigenvalue weighted by Gasteiger charge is 2.26. The molecule has 1 rings (SSSR count). The second kappa shape index (κ2) is 6.58. The van der Waals surface area contributed by atoms with Gasteiger partial charge in [-0.05, 0) is 38.0 Å². The van der Waals surface area contributed by atoms with Crippen molar-refractivity contribution in [3.63, 3.8) is 0 Å². The van der Waals surface area contributed by atoms with E-state index in [-0.39, 0.29) is 6.10 Å². The summed E-state index contributed by atoms with van der Waals surface area (Å²) in [5.41, 5.74) is 0.516. The molecule has 0 radical (unpaired) electrons. The lowest BCUT2D eigenvalue weighted by atomic mass is 9.75. The van der Waals surface area contributed by atoms with E-state index in [0.29, 0.717) is 31.2 Å². The van der Waals surface area contributed by atoms with Crippen molar-refractivity contribution in [3.8, 4) is 0 Å². The Morgan fingerprint density at radius 3 is 2.56 bits per heavy atom. The lowest BCUT2D eigenvalue weighted by Crippen LogP contribution is -2.40. The first-order chi connectivity index (χ1) is 7.53. The second-order valence-corrected chi connectivity index (χ2v) is 5.66. The third kappa shape index (κ3) is 5.28. The van der Waals surface area contributed by atoms with E-state index in [1.165, 1.54) is 25.7 Å².